The predicted octanol–water partition coefficient (Wildman–Crippen LogP) is 4.40. The zero-order valence-corrected chi connectivity index (χ0v) is 17.3. The fourth-order valence-electron chi connectivity index (χ4n) is 3.10. The van der Waals surface area contributed by atoms with Crippen molar-refractivity contribution in [2.24, 2.45) is 0 Å². The summed E-state index contributed by atoms with van der Waals surface area (Å²) in [5.41, 5.74) is 1.79. The van der Waals surface area contributed by atoms with Gasteiger partial charge in [0, 0.05) is 18.2 Å². The van der Waals surface area contributed by atoms with E-state index in [1.165, 1.54) is 36.4 Å². The molecule has 1 heterocycles. The summed E-state index contributed by atoms with van der Waals surface area (Å²) in [6.07, 6.45) is 0. The van der Waals surface area contributed by atoms with Crippen molar-refractivity contribution >= 4 is 5.91 Å². The molecule has 160 valence electrons. The molecule has 1 amide bonds. The molecular formula is C25H20FN3O3. The molecule has 0 fully saturated rings. The first-order chi connectivity index (χ1) is 15.5. The molecule has 0 saturated heterocycles. The highest BCUT2D eigenvalue weighted by Crippen LogP contribution is 2.27. The first kappa shape index (κ1) is 21.0. The van der Waals surface area contributed by atoms with Gasteiger partial charge in [-0.2, -0.15) is 9.78 Å². The van der Waals surface area contributed by atoms with E-state index in [9.17, 15) is 14.0 Å². The van der Waals surface area contributed by atoms with Gasteiger partial charge in [0.1, 0.15) is 23.0 Å². The minimum Gasteiger partial charge on any atom is -0.457 e. The summed E-state index contributed by atoms with van der Waals surface area (Å²) >= 11 is 0. The third-order valence-corrected chi connectivity index (χ3v) is 4.83. The van der Waals surface area contributed by atoms with Crippen molar-refractivity contribution in [1.29, 1.82) is 0 Å². The zero-order valence-electron chi connectivity index (χ0n) is 17.3. The summed E-state index contributed by atoms with van der Waals surface area (Å²) in [7, 11) is 0. The van der Waals surface area contributed by atoms with Gasteiger partial charge in [-0.1, -0.05) is 36.4 Å². The van der Waals surface area contributed by atoms with Gasteiger partial charge in [-0.15, -0.1) is 0 Å². The number of hydrogen-bond donors (Lipinski definition) is 1. The maximum absolute atomic E-state index is 13.2. The van der Waals surface area contributed by atoms with Gasteiger partial charge in [-0.25, -0.2) is 4.39 Å². The normalized spacial score (nSPS) is 10.6. The third-order valence-electron chi connectivity index (χ3n) is 4.83. The molecule has 4 rings (SSSR count). The molecule has 0 atom stereocenters. The number of nitrogens with zero attached hydrogens (tertiary/aromatic N) is 2. The second kappa shape index (κ2) is 9.26. The Kier molecular flexibility index (Phi) is 6.07. The lowest BCUT2D eigenvalue weighted by Gasteiger charge is -2.13. The maximum atomic E-state index is 13.2. The fraction of sp³-hybridized carbons (Fsp3) is 0.0800. The average molecular weight is 429 g/mol. The highest BCUT2D eigenvalue weighted by Gasteiger charge is 2.13. The smallest absolute Gasteiger partial charge is 0.272 e. The summed E-state index contributed by atoms with van der Waals surface area (Å²) in [5.74, 6) is 0.486. The molecule has 32 heavy (non-hydrogen) atoms. The van der Waals surface area contributed by atoms with E-state index in [2.05, 4.69) is 10.4 Å². The van der Waals surface area contributed by atoms with Gasteiger partial charge < -0.3 is 10.1 Å². The minimum atomic E-state index is -0.452. The number of rotatable bonds is 6. The first-order valence-corrected chi connectivity index (χ1v) is 9.97. The molecule has 4 aromatic rings. The van der Waals surface area contributed by atoms with Crippen molar-refractivity contribution in [3.8, 4) is 17.2 Å². The SMILES string of the molecule is Cc1ccccc1Oc1ccccc1CNC(=O)c1ccc(=O)n(-c2ccc(F)cc2)n1. The molecule has 0 radical (unpaired) electrons. The fourth-order valence-corrected chi connectivity index (χ4v) is 3.10. The third kappa shape index (κ3) is 4.73. The summed E-state index contributed by atoms with van der Waals surface area (Å²) in [4.78, 5) is 24.9. The second-order valence-electron chi connectivity index (χ2n) is 7.10. The van der Waals surface area contributed by atoms with E-state index >= 15 is 0 Å². The van der Waals surface area contributed by atoms with E-state index in [4.69, 9.17) is 4.74 Å². The molecule has 0 bridgehead atoms. The Hall–Kier alpha value is -4.26. The van der Waals surface area contributed by atoms with Crippen molar-refractivity contribution in [1.82, 2.24) is 15.1 Å². The average Bonchev–Trinajstić information content (AvgIpc) is 2.81. The Labute approximate surface area is 183 Å². The highest BCUT2D eigenvalue weighted by molar-refractivity contribution is 5.92. The van der Waals surface area contributed by atoms with Crippen LogP contribution in [0, 0.1) is 12.7 Å². The van der Waals surface area contributed by atoms with Gasteiger partial charge in [0.05, 0.1) is 5.69 Å². The van der Waals surface area contributed by atoms with Crippen molar-refractivity contribution in [3.63, 3.8) is 0 Å². The number of carbonyl (C=O) groups is 1. The largest absolute Gasteiger partial charge is 0.457 e. The number of ether oxygens (including phenoxy) is 1. The van der Waals surface area contributed by atoms with E-state index in [1.807, 2.05) is 55.5 Å². The zero-order chi connectivity index (χ0) is 22.5. The van der Waals surface area contributed by atoms with E-state index in [0.717, 1.165) is 21.6 Å². The van der Waals surface area contributed by atoms with Gasteiger partial charge in [0.15, 0.2) is 0 Å². The molecular weight excluding hydrogens is 409 g/mol. The van der Waals surface area contributed by atoms with Crippen LogP contribution in [-0.2, 0) is 6.54 Å². The molecule has 0 aliphatic carbocycles. The van der Waals surface area contributed by atoms with Crippen LogP contribution in [0.5, 0.6) is 11.5 Å². The molecule has 0 saturated carbocycles. The number of aryl methyl sites for hydroxylation is 1. The number of carbonyl (C=O) groups excluding carboxylic acids is 1. The van der Waals surface area contributed by atoms with Crippen LogP contribution in [0.1, 0.15) is 21.6 Å². The molecule has 3 aromatic carbocycles. The highest BCUT2D eigenvalue weighted by atomic mass is 19.1. The van der Waals surface area contributed by atoms with Crippen molar-refractivity contribution in [3.05, 3.63) is 118 Å². The molecule has 0 spiro atoms. The number of halogens is 1. The van der Waals surface area contributed by atoms with E-state index in [0.29, 0.717) is 11.4 Å². The lowest BCUT2D eigenvalue weighted by molar-refractivity contribution is 0.0944. The number of amides is 1. The van der Waals surface area contributed by atoms with Gasteiger partial charge in [-0.3, -0.25) is 9.59 Å². The monoisotopic (exact) mass is 429 g/mol. The van der Waals surface area contributed by atoms with Gasteiger partial charge in [0.25, 0.3) is 11.5 Å². The van der Waals surface area contributed by atoms with Crippen LogP contribution in [-0.4, -0.2) is 15.7 Å². The lowest BCUT2D eigenvalue weighted by atomic mass is 10.2. The van der Waals surface area contributed by atoms with Crippen molar-refractivity contribution in [2.45, 2.75) is 13.5 Å². The van der Waals surface area contributed by atoms with Crippen LogP contribution in [0.2, 0.25) is 0 Å². The van der Waals surface area contributed by atoms with Crippen LogP contribution >= 0.6 is 0 Å². The van der Waals surface area contributed by atoms with E-state index < -0.39 is 17.3 Å². The molecule has 0 aliphatic heterocycles. The molecule has 7 heteroatoms. The molecule has 0 aliphatic rings. The van der Waals surface area contributed by atoms with Crippen LogP contribution in [0.4, 0.5) is 4.39 Å². The number of para-hydroxylation sites is 2. The second-order valence-corrected chi connectivity index (χ2v) is 7.10. The van der Waals surface area contributed by atoms with Crippen LogP contribution in [0.15, 0.2) is 89.7 Å². The van der Waals surface area contributed by atoms with Crippen molar-refractivity contribution in [2.75, 3.05) is 0 Å². The molecule has 6 nitrogen and oxygen atoms in total. The van der Waals surface area contributed by atoms with Crippen molar-refractivity contribution < 1.29 is 13.9 Å². The Morgan fingerprint density at radius 3 is 2.38 bits per heavy atom. The summed E-state index contributed by atoms with van der Waals surface area (Å²) in [6.45, 7) is 2.17. The molecule has 1 N–H and O–H groups in total. The lowest BCUT2D eigenvalue weighted by Crippen LogP contribution is -2.28. The summed E-state index contributed by atoms with van der Waals surface area (Å²) in [6, 6.07) is 23.0. The number of hydrogen-bond acceptors (Lipinski definition) is 4. The Morgan fingerprint density at radius 1 is 0.938 bits per heavy atom. The summed E-state index contributed by atoms with van der Waals surface area (Å²) < 4.78 is 20.3. The molecule has 1 aromatic heterocycles. The summed E-state index contributed by atoms with van der Waals surface area (Å²) in [5, 5.41) is 6.93. The number of aromatic nitrogens is 2. The quantitative estimate of drug-likeness (QED) is 0.493. The maximum Gasteiger partial charge on any atom is 0.272 e. The number of benzene rings is 3. The van der Waals surface area contributed by atoms with Crippen LogP contribution in [0.25, 0.3) is 5.69 Å². The Morgan fingerprint density at radius 2 is 1.62 bits per heavy atom. The first-order valence-electron chi connectivity index (χ1n) is 9.97. The van der Waals surface area contributed by atoms with E-state index in [1.54, 1.807) is 0 Å². The van der Waals surface area contributed by atoms with Gasteiger partial charge >= 0.3 is 0 Å². The Balaban J connectivity index is 1.51. The predicted molar refractivity (Wildman–Crippen MR) is 119 cm³/mol. The molecule has 0 unspecified atom stereocenters. The van der Waals surface area contributed by atoms with Gasteiger partial charge in [0.2, 0.25) is 0 Å². The minimum absolute atomic E-state index is 0.0613. The van der Waals surface area contributed by atoms with E-state index in [-0.39, 0.29) is 12.2 Å². The number of nitrogens with one attached hydrogen (secondary N) is 1. The van der Waals surface area contributed by atoms with Crippen LogP contribution in [0.3, 0.4) is 0 Å². The Bertz CT molecular complexity index is 1320. The van der Waals surface area contributed by atoms with Gasteiger partial charge in [-0.05, 0) is 55.0 Å². The standard InChI is InChI=1S/C25H20FN3O3/c1-17-6-2-4-8-22(17)32-23-9-5-3-7-18(23)16-27-25(31)21-14-15-24(30)29(28-21)20-12-10-19(26)11-13-20/h2-15H,16H2,1H3,(H,27,31). The topological polar surface area (TPSA) is 73.2 Å². The van der Waals surface area contributed by atoms with Crippen LogP contribution < -0.4 is 15.6 Å².